The first-order valence-electron chi connectivity index (χ1n) is 4.82. The van der Waals surface area contributed by atoms with Crippen molar-refractivity contribution in [3.05, 3.63) is 12.2 Å². The van der Waals surface area contributed by atoms with Gasteiger partial charge in [-0.25, -0.2) is 0 Å². The first kappa shape index (κ1) is 11.2. The Bertz CT molecular complexity index is 224. The lowest BCUT2D eigenvalue weighted by Crippen LogP contribution is -2.22. The fourth-order valence-corrected chi connectivity index (χ4v) is 1.37. The largest absolute Gasteiger partial charge is 0.463 e. The zero-order valence-corrected chi connectivity index (χ0v) is 8.22. The lowest BCUT2D eigenvalue weighted by molar-refractivity contribution is -0.149. The molecule has 0 saturated carbocycles. The van der Waals surface area contributed by atoms with Gasteiger partial charge in [0, 0.05) is 12.8 Å². The lowest BCUT2D eigenvalue weighted by Gasteiger charge is -2.17. The molecule has 0 aromatic carbocycles. The number of carbonyl (C=O) groups is 1. The Labute approximate surface area is 83.2 Å². The van der Waals surface area contributed by atoms with Gasteiger partial charge in [0.2, 0.25) is 0 Å². The molecule has 0 bridgehead atoms. The summed E-state index contributed by atoms with van der Waals surface area (Å²) in [4.78, 5) is 11.1. The molecule has 0 radical (unpaired) electrons. The standard InChI is InChI=1S/C10H16O4/c1-7-6-9(12)3-2-8(11)4-5-10(13)14-7/h2-3,7-9,11-12H,4-6H2,1H3/b3-2+/t7-,8+,9+/m0/s1. The van der Waals surface area contributed by atoms with E-state index in [9.17, 15) is 15.0 Å². The van der Waals surface area contributed by atoms with Crippen LogP contribution in [0.25, 0.3) is 0 Å². The van der Waals surface area contributed by atoms with E-state index in [1.165, 1.54) is 6.08 Å². The molecule has 4 nitrogen and oxygen atoms in total. The van der Waals surface area contributed by atoms with Crippen LogP contribution in [0.4, 0.5) is 0 Å². The van der Waals surface area contributed by atoms with E-state index < -0.39 is 12.2 Å². The Morgan fingerprint density at radius 3 is 2.71 bits per heavy atom. The fraction of sp³-hybridized carbons (Fsp3) is 0.700. The Balaban J connectivity index is 2.60. The molecule has 4 heteroatoms. The smallest absolute Gasteiger partial charge is 0.306 e. The van der Waals surface area contributed by atoms with Gasteiger partial charge in [-0.2, -0.15) is 0 Å². The van der Waals surface area contributed by atoms with Crippen LogP contribution in [0, 0.1) is 0 Å². The Morgan fingerprint density at radius 1 is 1.36 bits per heavy atom. The van der Waals surface area contributed by atoms with Crippen molar-refractivity contribution < 1.29 is 19.7 Å². The van der Waals surface area contributed by atoms with Gasteiger partial charge in [-0.05, 0) is 13.3 Å². The second kappa shape index (κ2) is 5.12. The van der Waals surface area contributed by atoms with Gasteiger partial charge >= 0.3 is 5.97 Å². The molecule has 1 aliphatic rings. The molecule has 1 rings (SSSR count). The van der Waals surface area contributed by atoms with Crippen LogP contribution in [0.15, 0.2) is 12.2 Å². The lowest BCUT2D eigenvalue weighted by atomic mass is 10.1. The highest BCUT2D eigenvalue weighted by Crippen LogP contribution is 2.10. The van der Waals surface area contributed by atoms with Crippen molar-refractivity contribution in [1.82, 2.24) is 0 Å². The third kappa shape index (κ3) is 3.89. The van der Waals surface area contributed by atoms with E-state index in [2.05, 4.69) is 0 Å². The maximum atomic E-state index is 11.1. The molecule has 80 valence electrons. The molecule has 1 heterocycles. The number of ether oxygens (including phenoxy) is 1. The summed E-state index contributed by atoms with van der Waals surface area (Å²) in [5.41, 5.74) is 0. The van der Waals surface area contributed by atoms with Gasteiger partial charge in [0.15, 0.2) is 0 Å². The van der Waals surface area contributed by atoms with Crippen LogP contribution in [0.5, 0.6) is 0 Å². The second-order valence-corrected chi connectivity index (χ2v) is 3.59. The maximum Gasteiger partial charge on any atom is 0.306 e. The second-order valence-electron chi connectivity index (χ2n) is 3.59. The third-order valence-electron chi connectivity index (χ3n) is 2.11. The van der Waals surface area contributed by atoms with Crippen LogP contribution in [0.1, 0.15) is 26.2 Å². The number of cyclic esters (lactones) is 1. The van der Waals surface area contributed by atoms with E-state index in [-0.39, 0.29) is 18.5 Å². The van der Waals surface area contributed by atoms with Gasteiger partial charge in [-0.15, -0.1) is 0 Å². The fourth-order valence-electron chi connectivity index (χ4n) is 1.37. The maximum absolute atomic E-state index is 11.1. The van der Waals surface area contributed by atoms with Crippen molar-refractivity contribution in [2.45, 2.75) is 44.5 Å². The van der Waals surface area contributed by atoms with Crippen molar-refractivity contribution in [1.29, 1.82) is 0 Å². The van der Waals surface area contributed by atoms with Crippen molar-refractivity contribution in [3.8, 4) is 0 Å². The van der Waals surface area contributed by atoms with Crippen LogP contribution < -0.4 is 0 Å². The molecule has 0 aliphatic carbocycles. The molecule has 0 saturated heterocycles. The van der Waals surface area contributed by atoms with Crippen LogP contribution in [0.2, 0.25) is 0 Å². The number of carbonyl (C=O) groups excluding carboxylic acids is 1. The minimum absolute atomic E-state index is 0.214. The average Bonchev–Trinajstić information content (AvgIpc) is 2.10. The average molecular weight is 200 g/mol. The number of hydrogen-bond donors (Lipinski definition) is 2. The van der Waals surface area contributed by atoms with Crippen LogP contribution in [-0.2, 0) is 9.53 Å². The molecule has 0 spiro atoms. The zero-order chi connectivity index (χ0) is 10.6. The zero-order valence-electron chi connectivity index (χ0n) is 8.22. The van der Waals surface area contributed by atoms with E-state index >= 15 is 0 Å². The van der Waals surface area contributed by atoms with Crippen LogP contribution in [0.3, 0.4) is 0 Å². The predicted molar refractivity (Wildman–Crippen MR) is 50.6 cm³/mol. The number of esters is 1. The Kier molecular flexibility index (Phi) is 4.10. The minimum Gasteiger partial charge on any atom is -0.463 e. The third-order valence-corrected chi connectivity index (χ3v) is 2.11. The Hall–Kier alpha value is -0.870. The topological polar surface area (TPSA) is 66.8 Å². The summed E-state index contributed by atoms with van der Waals surface area (Å²) in [7, 11) is 0. The summed E-state index contributed by atoms with van der Waals surface area (Å²) in [6.45, 7) is 1.74. The number of aliphatic hydroxyl groups excluding tert-OH is 2. The number of rotatable bonds is 0. The van der Waals surface area contributed by atoms with Gasteiger partial charge in [0.25, 0.3) is 0 Å². The normalized spacial score (nSPS) is 37.4. The van der Waals surface area contributed by atoms with Gasteiger partial charge in [-0.3, -0.25) is 4.79 Å². The van der Waals surface area contributed by atoms with E-state index in [0.29, 0.717) is 12.8 Å². The molecule has 0 amide bonds. The van der Waals surface area contributed by atoms with Crippen molar-refractivity contribution >= 4 is 5.97 Å². The molecule has 2 N–H and O–H groups in total. The van der Waals surface area contributed by atoms with Crippen molar-refractivity contribution in [3.63, 3.8) is 0 Å². The van der Waals surface area contributed by atoms with Gasteiger partial charge in [0.05, 0.1) is 12.2 Å². The molecule has 0 aromatic rings. The molecule has 3 atom stereocenters. The molecule has 0 aromatic heterocycles. The van der Waals surface area contributed by atoms with Crippen LogP contribution in [-0.4, -0.2) is 34.5 Å². The molecule has 0 fully saturated rings. The molecular weight excluding hydrogens is 184 g/mol. The highest BCUT2D eigenvalue weighted by Gasteiger charge is 2.16. The Morgan fingerprint density at radius 2 is 2.00 bits per heavy atom. The first-order valence-corrected chi connectivity index (χ1v) is 4.82. The monoisotopic (exact) mass is 200 g/mol. The summed E-state index contributed by atoms with van der Waals surface area (Å²) in [6, 6.07) is 0. The quantitative estimate of drug-likeness (QED) is 0.438. The van der Waals surface area contributed by atoms with Gasteiger partial charge in [-0.1, -0.05) is 12.2 Å². The van der Waals surface area contributed by atoms with Crippen molar-refractivity contribution in [2.75, 3.05) is 0 Å². The molecule has 0 unspecified atom stereocenters. The van der Waals surface area contributed by atoms with Gasteiger partial charge in [0.1, 0.15) is 6.10 Å². The predicted octanol–water partition coefficient (Wildman–Crippen LogP) is 0.380. The number of hydrogen-bond acceptors (Lipinski definition) is 4. The molecular formula is C10H16O4. The van der Waals surface area contributed by atoms with E-state index in [1.54, 1.807) is 13.0 Å². The minimum atomic E-state index is -0.675. The molecule has 1 aliphatic heterocycles. The van der Waals surface area contributed by atoms with E-state index in [0.717, 1.165) is 0 Å². The highest BCUT2D eigenvalue weighted by molar-refractivity contribution is 5.69. The summed E-state index contributed by atoms with van der Waals surface area (Å²) < 4.78 is 5.00. The molecule has 14 heavy (non-hydrogen) atoms. The summed E-state index contributed by atoms with van der Waals surface area (Å²) in [5.74, 6) is -0.320. The SMILES string of the molecule is C[C@H]1C[C@H](O)/C=C/[C@@H](O)CCC(=O)O1. The van der Waals surface area contributed by atoms with Crippen LogP contribution >= 0.6 is 0 Å². The van der Waals surface area contributed by atoms with Crippen molar-refractivity contribution in [2.24, 2.45) is 0 Å². The number of aliphatic hydroxyl groups is 2. The highest BCUT2D eigenvalue weighted by atomic mass is 16.5. The summed E-state index contributed by atoms with van der Waals surface area (Å²) in [5, 5.41) is 18.7. The summed E-state index contributed by atoms with van der Waals surface area (Å²) >= 11 is 0. The van der Waals surface area contributed by atoms with Gasteiger partial charge < -0.3 is 14.9 Å². The first-order chi connectivity index (χ1) is 6.58. The van der Waals surface area contributed by atoms with E-state index in [1.807, 2.05) is 0 Å². The summed E-state index contributed by atoms with van der Waals surface area (Å²) in [6.07, 6.45) is 2.37. The van der Waals surface area contributed by atoms with E-state index in [4.69, 9.17) is 4.74 Å².